The predicted molar refractivity (Wildman–Crippen MR) is 80.7 cm³/mol. The summed E-state index contributed by atoms with van der Waals surface area (Å²) in [4.78, 5) is 3.96. The number of rotatable bonds is 3. The fraction of sp³-hybridized carbons (Fsp3) is 0.0833. The molecule has 0 aliphatic heterocycles. The Morgan fingerprint density at radius 2 is 1.90 bits per heavy atom. The SMILES string of the molecule is Cc1cc(N)cnc1NS(=O)(=O)c1ccc(Cl)c(Cl)c1. The van der Waals surface area contributed by atoms with Crippen LogP contribution in [-0.4, -0.2) is 13.4 Å². The van der Waals surface area contributed by atoms with Crippen molar-refractivity contribution in [3.8, 4) is 0 Å². The largest absolute Gasteiger partial charge is 0.397 e. The molecule has 2 rings (SSSR count). The second-order valence-corrected chi connectivity index (χ2v) is 6.61. The second kappa shape index (κ2) is 5.47. The summed E-state index contributed by atoms with van der Waals surface area (Å²) in [6.45, 7) is 1.70. The summed E-state index contributed by atoms with van der Waals surface area (Å²) in [6.07, 6.45) is 1.37. The maximum absolute atomic E-state index is 12.2. The molecule has 2 aromatic rings. The Kier molecular flexibility index (Phi) is 4.08. The van der Waals surface area contributed by atoms with Crippen LogP contribution >= 0.6 is 23.2 Å². The van der Waals surface area contributed by atoms with Gasteiger partial charge < -0.3 is 5.73 Å². The molecule has 20 heavy (non-hydrogen) atoms. The summed E-state index contributed by atoms with van der Waals surface area (Å²) in [5.74, 6) is 0.213. The molecule has 0 radical (unpaired) electrons. The van der Waals surface area contributed by atoms with Gasteiger partial charge in [-0.15, -0.1) is 0 Å². The predicted octanol–water partition coefficient (Wildman–Crippen LogP) is 3.08. The van der Waals surface area contributed by atoms with Crippen molar-refractivity contribution in [3.63, 3.8) is 0 Å². The maximum Gasteiger partial charge on any atom is 0.263 e. The number of anilines is 2. The molecule has 106 valence electrons. The molecule has 0 saturated carbocycles. The lowest BCUT2D eigenvalue weighted by atomic mass is 10.3. The Bertz CT molecular complexity index is 763. The van der Waals surface area contributed by atoms with Crippen LogP contribution < -0.4 is 10.5 Å². The normalized spacial score (nSPS) is 11.3. The van der Waals surface area contributed by atoms with Crippen LogP contribution in [0, 0.1) is 6.92 Å². The van der Waals surface area contributed by atoms with E-state index in [4.69, 9.17) is 28.9 Å². The molecule has 1 aromatic heterocycles. The van der Waals surface area contributed by atoms with Gasteiger partial charge in [-0.2, -0.15) is 0 Å². The van der Waals surface area contributed by atoms with E-state index < -0.39 is 10.0 Å². The van der Waals surface area contributed by atoms with Gasteiger partial charge in [0, 0.05) is 0 Å². The molecule has 0 spiro atoms. The number of sulfonamides is 1. The Morgan fingerprint density at radius 1 is 1.20 bits per heavy atom. The van der Waals surface area contributed by atoms with Crippen LogP contribution in [0.1, 0.15) is 5.56 Å². The molecule has 0 saturated heterocycles. The van der Waals surface area contributed by atoms with Gasteiger partial charge in [-0.05, 0) is 36.8 Å². The van der Waals surface area contributed by atoms with Gasteiger partial charge in [0.1, 0.15) is 5.82 Å². The summed E-state index contributed by atoms with van der Waals surface area (Å²) < 4.78 is 26.8. The summed E-state index contributed by atoms with van der Waals surface area (Å²) >= 11 is 11.6. The van der Waals surface area contributed by atoms with Crippen molar-refractivity contribution in [1.29, 1.82) is 0 Å². The zero-order valence-corrected chi connectivity index (χ0v) is 12.7. The van der Waals surface area contributed by atoms with Crippen molar-refractivity contribution in [2.24, 2.45) is 0 Å². The van der Waals surface area contributed by atoms with E-state index in [2.05, 4.69) is 9.71 Å². The first-order valence-electron chi connectivity index (χ1n) is 5.49. The number of benzene rings is 1. The van der Waals surface area contributed by atoms with Crippen molar-refractivity contribution in [2.75, 3.05) is 10.5 Å². The average Bonchev–Trinajstić information content (AvgIpc) is 2.36. The van der Waals surface area contributed by atoms with Crippen LogP contribution in [0.4, 0.5) is 11.5 Å². The quantitative estimate of drug-likeness (QED) is 0.904. The van der Waals surface area contributed by atoms with E-state index in [0.717, 1.165) is 0 Å². The van der Waals surface area contributed by atoms with Crippen molar-refractivity contribution in [3.05, 3.63) is 46.1 Å². The van der Waals surface area contributed by atoms with Crippen LogP contribution in [0.2, 0.25) is 10.0 Å². The molecular formula is C12H11Cl2N3O2S. The first-order chi connectivity index (χ1) is 9.29. The first-order valence-corrected chi connectivity index (χ1v) is 7.73. The summed E-state index contributed by atoms with van der Waals surface area (Å²) in [5.41, 5.74) is 6.64. The van der Waals surface area contributed by atoms with Gasteiger partial charge >= 0.3 is 0 Å². The molecule has 0 fully saturated rings. The molecular weight excluding hydrogens is 321 g/mol. The van der Waals surface area contributed by atoms with E-state index in [1.54, 1.807) is 13.0 Å². The van der Waals surface area contributed by atoms with Gasteiger partial charge in [-0.1, -0.05) is 23.2 Å². The highest BCUT2D eigenvalue weighted by molar-refractivity contribution is 7.92. The van der Waals surface area contributed by atoms with E-state index in [-0.39, 0.29) is 20.8 Å². The zero-order chi connectivity index (χ0) is 14.9. The van der Waals surface area contributed by atoms with E-state index in [1.807, 2.05) is 0 Å². The van der Waals surface area contributed by atoms with Crippen molar-refractivity contribution >= 4 is 44.7 Å². The summed E-state index contributed by atoms with van der Waals surface area (Å²) in [5, 5.41) is 0.448. The minimum Gasteiger partial charge on any atom is -0.397 e. The third-order valence-corrected chi connectivity index (χ3v) is 4.61. The van der Waals surface area contributed by atoms with Gasteiger partial charge in [0.25, 0.3) is 10.0 Å². The molecule has 1 heterocycles. The summed E-state index contributed by atoms with van der Waals surface area (Å²) in [7, 11) is -3.78. The van der Waals surface area contributed by atoms with Crippen molar-refractivity contribution in [2.45, 2.75) is 11.8 Å². The highest BCUT2D eigenvalue weighted by atomic mass is 35.5. The lowest BCUT2D eigenvalue weighted by Gasteiger charge is -2.10. The molecule has 0 aliphatic rings. The van der Waals surface area contributed by atoms with E-state index in [9.17, 15) is 8.42 Å². The molecule has 0 bridgehead atoms. The topological polar surface area (TPSA) is 85.1 Å². The highest BCUT2D eigenvalue weighted by Gasteiger charge is 2.17. The third kappa shape index (κ3) is 3.15. The minimum absolute atomic E-state index is 0.00456. The maximum atomic E-state index is 12.2. The molecule has 5 nitrogen and oxygen atoms in total. The van der Waals surface area contributed by atoms with Gasteiger partial charge in [0.05, 0.1) is 26.8 Å². The van der Waals surface area contributed by atoms with E-state index in [1.165, 1.54) is 24.4 Å². The molecule has 0 atom stereocenters. The number of nitrogens with two attached hydrogens (primary N) is 1. The number of pyridine rings is 1. The Balaban J connectivity index is 2.38. The number of nitrogen functional groups attached to an aromatic ring is 1. The van der Waals surface area contributed by atoms with Gasteiger partial charge in [0.15, 0.2) is 0 Å². The number of hydrogen-bond donors (Lipinski definition) is 2. The van der Waals surface area contributed by atoms with Crippen molar-refractivity contribution < 1.29 is 8.42 Å². The van der Waals surface area contributed by atoms with Crippen molar-refractivity contribution in [1.82, 2.24) is 4.98 Å². The van der Waals surface area contributed by atoms with Gasteiger partial charge in [0.2, 0.25) is 0 Å². The number of aromatic nitrogens is 1. The molecule has 0 amide bonds. The molecule has 8 heteroatoms. The number of halogens is 2. The lowest BCUT2D eigenvalue weighted by molar-refractivity contribution is 0.601. The molecule has 1 aromatic carbocycles. The number of nitrogens with zero attached hydrogens (tertiary/aromatic N) is 1. The lowest BCUT2D eigenvalue weighted by Crippen LogP contribution is -2.15. The van der Waals surface area contributed by atoms with Crippen LogP contribution in [0.3, 0.4) is 0 Å². The van der Waals surface area contributed by atoms with E-state index >= 15 is 0 Å². The number of hydrogen-bond acceptors (Lipinski definition) is 4. The molecule has 0 unspecified atom stereocenters. The fourth-order valence-electron chi connectivity index (χ4n) is 1.53. The van der Waals surface area contributed by atoms with Gasteiger partial charge in [-0.3, -0.25) is 4.72 Å². The highest BCUT2D eigenvalue weighted by Crippen LogP contribution is 2.26. The Morgan fingerprint density at radius 3 is 2.50 bits per heavy atom. The van der Waals surface area contributed by atoms with Crippen LogP contribution in [0.5, 0.6) is 0 Å². The Labute approximate surface area is 126 Å². The van der Waals surface area contributed by atoms with Crippen LogP contribution in [0.15, 0.2) is 35.4 Å². The minimum atomic E-state index is -3.78. The smallest absolute Gasteiger partial charge is 0.263 e. The van der Waals surface area contributed by atoms with Gasteiger partial charge in [-0.25, -0.2) is 13.4 Å². The average molecular weight is 332 g/mol. The van der Waals surface area contributed by atoms with Crippen LogP contribution in [0.25, 0.3) is 0 Å². The third-order valence-electron chi connectivity index (χ3n) is 2.53. The zero-order valence-electron chi connectivity index (χ0n) is 10.4. The standard InChI is InChI=1S/C12H11Cl2N3O2S/c1-7-4-8(15)6-16-12(7)17-20(18,19)9-2-3-10(13)11(14)5-9/h2-6H,15H2,1H3,(H,16,17). The number of nitrogens with one attached hydrogen (secondary N) is 1. The monoisotopic (exact) mass is 331 g/mol. The molecule has 0 aliphatic carbocycles. The number of aryl methyl sites for hydroxylation is 1. The first kappa shape index (κ1) is 14.9. The van der Waals surface area contributed by atoms with E-state index in [0.29, 0.717) is 11.3 Å². The van der Waals surface area contributed by atoms with Crippen LogP contribution in [-0.2, 0) is 10.0 Å². The summed E-state index contributed by atoms with van der Waals surface area (Å²) in [6, 6.07) is 5.68. The molecule has 3 N–H and O–H groups in total. The Hall–Kier alpha value is -1.50. The second-order valence-electron chi connectivity index (χ2n) is 4.12. The fourth-order valence-corrected chi connectivity index (χ4v) is 3.00.